The highest BCUT2D eigenvalue weighted by molar-refractivity contribution is 9.10. The molecule has 154 valence electrons. The molecule has 0 aliphatic rings. The van der Waals surface area contributed by atoms with Crippen LogP contribution < -0.4 is 15.4 Å². The van der Waals surface area contributed by atoms with E-state index in [9.17, 15) is 9.59 Å². The molecule has 0 saturated heterocycles. The van der Waals surface area contributed by atoms with E-state index in [1.807, 2.05) is 55.5 Å². The molecule has 2 N–H and O–H groups in total. The van der Waals surface area contributed by atoms with E-state index in [1.54, 1.807) is 12.1 Å². The van der Waals surface area contributed by atoms with Gasteiger partial charge in [0.15, 0.2) is 0 Å². The van der Waals surface area contributed by atoms with Gasteiger partial charge in [0.1, 0.15) is 5.75 Å². The number of anilines is 2. The minimum atomic E-state index is -0.203. The molecule has 0 aliphatic carbocycles. The lowest BCUT2D eigenvalue weighted by Crippen LogP contribution is -2.18. The molecule has 0 unspecified atom stereocenters. The number of rotatable bonds is 8. The smallest absolute Gasteiger partial charge is 0.234 e. The maximum Gasteiger partial charge on any atom is 0.234 e. The second-order valence-electron chi connectivity index (χ2n) is 6.40. The first-order valence-electron chi connectivity index (χ1n) is 9.11. The van der Waals surface area contributed by atoms with Crippen LogP contribution in [0.25, 0.3) is 0 Å². The van der Waals surface area contributed by atoms with Gasteiger partial charge in [-0.15, -0.1) is 11.8 Å². The van der Waals surface area contributed by atoms with Crippen molar-refractivity contribution in [1.29, 1.82) is 0 Å². The summed E-state index contributed by atoms with van der Waals surface area (Å²) >= 11 is 4.63. The number of amides is 2. The van der Waals surface area contributed by atoms with Gasteiger partial charge in [-0.05, 0) is 43.3 Å². The van der Waals surface area contributed by atoms with E-state index in [-0.39, 0.29) is 23.3 Å². The number of nitrogens with zero attached hydrogens (tertiary/aromatic N) is 1. The summed E-state index contributed by atoms with van der Waals surface area (Å²) in [6.45, 7) is 1.98. The number of halogens is 1. The summed E-state index contributed by atoms with van der Waals surface area (Å²) in [4.78, 5) is 28.2. The molecule has 30 heavy (non-hydrogen) atoms. The van der Waals surface area contributed by atoms with Gasteiger partial charge >= 0.3 is 0 Å². The van der Waals surface area contributed by atoms with Gasteiger partial charge in [0.2, 0.25) is 17.7 Å². The first-order chi connectivity index (χ1) is 14.5. The van der Waals surface area contributed by atoms with Gasteiger partial charge < -0.3 is 15.4 Å². The average Bonchev–Trinajstić information content (AvgIpc) is 2.71. The van der Waals surface area contributed by atoms with Gasteiger partial charge in [-0.25, -0.2) is 4.98 Å². The van der Waals surface area contributed by atoms with Crippen molar-refractivity contribution in [1.82, 2.24) is 4.98 Å². The largest absolute Gasteiger partial charge is 0.439 e. The molecule has 0 bridgehead atoms. The van der Waals surface area contributed by atoms with Crippen LogP contribution in [0, 0.1) is 6.92 Å². The SMILES string of the molecule is Cc1ccc(NC(=O)CSCC(=O)Nc2ccc(Oc3cccc(Br)c3)nc2)cc1. The lowest BCUT2D eigenvalue weighted by atomic mass is 10.2. The first kappa shape index (κ1) is 21.9. The summed E-state index contributed by atoms with van der Waals surface area (Å²) in [5.41, 5.74) is 2.43. The summed E-state index contributed by atoms with van der Waals surface area (Å²) in [5, 5.41) is 5.56. The second kappa shape index (κ2) is 10.8. The molecule has 3 aromatic rings. The number of ether oxygens (including phenoxy) is 1. The van der Waals surface area contributed by atoms with Gasteiger partial charge in [-0.2, -0.15) is 0 Å². The van der Waals surface area contributed by atoms with Gasteiger partial charge in [0, 0.05) is 16.2 Å². The van der Waals surface area contributed by atoms with Crippen LogP contribution in [0.3, 0.4) is 0 Å². The quantitative estimate of drug-likeness (QED) is 0.455. The highest BCUT2D eigenvalue weighted by Gasteiger charge is 2.07. The molecule has 8 heteroatoms. The third kappa shape index (κ3) is 7.20. The molecule has 0 aliphatic heterocycles. The normalized spacial score (nSPS) is 10.3. The maximum absolute atomic E-state index is 12.1. The highest BCUT2D eigenvalue weighted by atomic mass is 79.9. The van der Waals surface area contributed by atoms with E-state index < -0.39 is 0 Å². The monoisotopic (exact) mass is 485 g/mol. The Hall–Kier alpha value is -2.84. The van der Waals surface area contributed by atoms with Crippen molar-refractivity contribution in [2.75, 3.05) is 22.1 Å². The van der Waals surface area contributed by atoms with Crippen molar-refractivity contribution in [3.8, 4) is 11.6 Å². The Balaban J connectivity index is 1.40. The second-order valence-corrected chi connectivity index (χ2v) is 8.30. The summed E-state index contributed by atoms with van der Waals surface area (Å²) < 4.78 is 6.57. The third-order valence-corrected chi connectivity index (χ3v) is 5.27. The number of pyridine rings is 1. The van der Waals surface area contributed by atoms with Crippen LogP contribution >= 0.6 is 27.7 Å². The number of hydrogen-bond donors (Lipinski definition) is 2. The van der Waals surface area contributed by atoms with E-state index in [0.29, 0.717) is 17.3 Å². The van der Waals surface area contributed by atoms with Gasteiger partial charge in [0.05, 0.1) is 23.4 Å². The molecule has 1 heterocycles. The molecule has 3 rings (SSSR count). The fourth-order valence-corrected chi connectivity index (χ4v) is 3.43. The molecular formula is C22H20BrN3O3S. The van der Waals surface area contributed by atoms with E-state index in [4.69, 9.17) is 4.74 Å². The minimum absolute atomic E-state index is 0.146. The predicted octanol–water partition coefficient (Wildman–Crippen LogP) is 5.26. The molecule has 2 aromatic carbocycles. The molecule has 0 saturated carbocycles. The lowest BCUT2D eigenvalue weighted by molar-refractivity contribution is -0.114. The fraction of sp³-hybridized carbons (Fsp3) is 0.136. The number of nitrogens with one attached hydrogen (secondary N) is 2. The fourth-order valence-electron chi connectivity index (χ4n) is 2.43. The Morgan fingerprint density at radius 1 is 0.967 bits per heavy atom. The molecule has 0 radical (unpaired) electrons. The number of aromatic nitrogens is 1. The molecule has 6 nitrogen and oxygen atoms in total. The Labute approximate surface area is 187 Å². The summed E-state index contributed by atoms with van der Waals surface area (Å²) in [7, 11) is 0. The van der Waals surface area contributed by atoms with Crippen molar-refractivity contribution in [3.63, 3.8) is 0 Å². The van der Waals surface area contributed by atoms with Crippen LogP contribution in [-0.2, 0) is 9.59 Å². The Kier molecular flexibility index (Phi) is 7.87. The highest BCUT2D eigenvalue weighted by Crippen LogP contribution is 2.23. The number of carbonyl (C=O) groups is 2. The van der Waals surface area contributed by atoms with Crippen LogP contribution in [0.4, 0.5) is 11.4 Å². The first-order valence-corrected chi connectivity index (χ1v) is 11.1. The standard InChI is InChI=1S/C22H20BrN3O3S/c1-15-5-7-17(8-6-15)25-20(27)13-30-14-21(28)26-18-9-10-22(24-12-18)29-19-4-2-3-16(23)11-19/h2-12H,13-14H2,1H3,(H,25,27)(H,26,28). The molecule has 1 aromatic heterocycles. The van der Waals surface area contributed by atoms with Crippen molar-refractivity contribution in [2.45, 2.75) is 6.92 Å². The van der Waals surface area contributed by atoms with E-state index in [2.05, 4.69) is 31.5 Å². The Morgan fingerprint density at radius 2 is 1.63 bits per heavy atom. The number of aryl methyl sites for hydroxylation is 1. The van der Waals surface area contributed by atoms with Crippen molar-refractivity contribution < 1.29 is 14.3 Å². The van der Waals surface area contributed by atoms with Crippen molar-refractivity contribution >= 4 is 50.9 Å². The number of carbonyl (C=O) groups excluding carboxylic acids is 2. The molecule has 0 fully saturated rings. The van der Waals surface area contributed by atoms with Crippen LogP contribution in [0.5, 0.6) is 11.6 Å². The number of hydrogen-bond acceptors (Lipinski definition) is 5. The third-order valence-electron chi connectivity index (χ3n) is 3.84. The molecule has 2 amide bonds. The maximum atomic E-state index is 12.1. The summed E-state index contributed by atoms with van der Waals surface area (Å²) in [5.74, 6) is 1.09. The van der Waals surface area contributed by atoms with Crippen molar-refractivity contribution in [3.05, 3.63) is 76.9 Å². The zero-order valence-corrected chi connectivity index (χ0v) is 18.6. The average molecular weight is 486 g/mol. The summed E-state index contributed by atoms with van der Waals surface area (Å²) in [6.07, 6.45) is 1.53. The zero-order valence-electron chi connectivity index (χ0n) is 16.2. The number of thioether (sulfide) groups is 1. The minimum Gasteiger partial charge on any atom is -0.439 e. The molecular weight excluding hydrogens is 466 g/mol. The Morgan fingerprint density at radius 3 is 2.27 bits per heavy atom. The predicted molar refractivity (Wildman–Crippen MR) is 124 cm³/mol. The van der Waals surface area contributed by atoms with E-state index in [0.717, 1.165) is 15.7 Å². The number of benzene rings is 2. The van der Waals surface area contributed by atoms with Crippen LogP contribution in [-0.4, -0.2) is 28.3 Å². The summed E-state index contributed by atoms with van der Waals surface area (Å²) in [6, 6.07) is 18.4. The van der Waals surface area contributed by atoms with Crippen molar-refractivity contribution in [2.24, 2.45) is 0 Å². The van der Waals surface area contributed by atoms with Gasteiger partial charge in [-0.1, -0.05) is 39.7 Å². The molecule has 0 atom stereocenters. The zero-order chi connectivity index (χ0) is 21.3. The lowest BCUT2D eigenvalue weighted by Gasteiger charge is -2.08. The Bertz CT molecular complexity index is 1010. The van der Waals surface area contributed by atoms with Crippen LogP contribution in [0.15, 0.2) is 71.3 Å². The van der Waals surface area contributed by atoms with E-state index >= 15 is 0 Å². The van der Waals surface area contributed by atoms with Gasteiger partial charge in [-0.3, -0.25) is 9.59 Å². The van der Waals surface area contributed by atoms with E-state index in [1.165, 1.54) is 18.0 Å². The van der Waals surface area contributed by atoms with Gasteiger partial charge in [0.25, 0.3) is 0 Å². The topological polar surface area (TPSA) is 80.3 Å². The molecule has 0 spiro atoms. The van der Waals surface area contributed by atoms with Crippen LogP contribution in [0.2, 0.25) is 0 Å². The van der Waals surface area contributed by atoms with Crippen LogP contribution in [0.1, 0.15) is 5.56 Å².